The van der Waals surface area contributed by atoms with Crippen molar-refractivity contribution in [2.24, 2.45) is 0 Å². The summed E-state index contributed by atoms with van der Waals surface area (Å²) in [5.74, 6) is -1.28. The Bertz CT molecular complexity index is 335. The van der Waals surface area contributed by atoms with Crippen LogP contribution in [0.3, 0.4) is 0 Å². The molecule has 0 N–H and O–H groups in total. The van der Waals surface area contributed by atoms with Gasteiger partial charge in [-0.1, -0.05) is 6.92 Å². The fraction of sp³-hybridized carbons (Fsp3) is 1.00. The Morgan fingerprint density at radius 1 is 1.29 bits per heavy atom. The quantitative estimate of drug-likeness (QED) is 0.542. The third-order valence-corrected chi connectivity index (χ3v) is 3.92. The van der Waals surface area contributed by atoms with E-state index in [9.17, 15) is 34.7 Å². The van der Waals surface area contributed by atoms with Crippen molar-refractivity contribution < 1.29 is 34.7 Å². The molecule has 0 aromatic heterocycles. The molecule has 0 amide bonds. The van der Waals surface area contributed by atoms with Crippen LogP contribution in [0.15, 0.2) is 0 Å². The fourth-order valence-corrected chi connectivity index (χ4v) is 1.96. The van der Waals surface area contributed by atoms with Gasteiger partial charge in [-0.15, -0.1) is 0 Å². The second-order valence-corrected chi connectivity index (χ2v) is 5.47. The predicted molar refractivity (Wildman–Crippen MR) is 38.3 cm³/mol. The Labute approximate surface area is 79.5 Å². The smallest absolute Gasteiger partial charge is 0.418 e. The van der Waals surface area contributed by atoms with Crippen LogP contribution in [0.2, 0.25) is 0 Å². The molecule has 0 saturated carbocycles. The molecule has 0 heterocycles. The van der Waals surface area contributed by atoms with E-state index in [1.54, 1.807) is 0 Å². The molecule has 0 fully saturated rings. The van der Waals surface area contributed by atoms with Crippen LogP contribution in [0.5, 0.6) is 0 Å². The highest BCUT2D eigenvalue weighted by Gasteiger charge is 2.66. The minimum Gasteiger partial charge on any atom is -0.768 e. The molecular weight excluding hydrogens is 252 g/mol. The molecule has 0 aromatic carbocycles. The monoisotopic (exact) mass is 257 g/mol. The summed E-state index contributed by atoms with van der Waals surface area (Å²) in [7, 11) is -5.48. The summed E-state index contributed by atoms with van der Waals surface area (Å²) in [5.41, 5.74) is 0. The van der Waals surface area contributed by atoms with Gasteiger partial charge < -0.3 is 4.55 Å². The van der Waals surface area contributed by atoms with Crippen molar-refractivity contribution in [1.82, 2.24) is 0 Å². The molecule has 0 spiro atoms. The van der Waals surface area contributed by atoms with Crippen LogP contribution < -0.4 is 0 Å². The SMILES string of the molecule is CCS(=O)(=O)C(F)(F)C(F)(F)S(=O)[O-]. The van der Waals surface area contributed by atoms with Gasteiger partial charge in [-0.05, 0) is 0 Å². The highest BCUT2D eigenvalue weighted by atomic mass is 32.2. The van der Waals surface area contributed by atoms with E-state index >= 15 is 0 Å². The first-order chi connectivity index (χ1) is 6.00. The van der Waals surface area contributed by atoms with Crippen molar-refractivity contribution in [3.8, 4) is 0 Å². The second kappa shape index (κ2) is 3.74. The normalized spacial score (nSPS) is 16.7. The van der Waals surface area contributed by atoms with E-state index in [0.717, 1.165) is 0 Å². The van der Waals surface area contributed by atoms with E-state index in [0.29, 0.717) is 6.92 Å². The first kappa shape index (κ1) is 13.8. The molecule has 86 valence electrons. The highest BCUT2D eigenvalue weighted by molar-refractivity contribution is 7.93. The molecule has 0 aliphatic carbocycles. The molecule has 1 atom stereocenters. The fourth-order valence-electron chi connectivity index (χ4n) is 0.459. The standard InChI is InChI=1S/C4H6F4O4S2/c1-2-14(11,12)4(7,8)3(5,6)13(9)10/h2H2,1H3,(H,9,10)/p-1. The Balaban J connectivity index is 5.48. The minimum atomic E-state index is -5.62. The van der Waals surface area contributed by atoms with Crippen LogP contribution in [0.1, 0.15) is 6.92 Å². The van der Waals surface area contributed by atoms with Crippen LogP contribution >= 0.6 is 0 Å². The van der Waals surface area contributed by atoms with Crippen LogP contribution in [-0.4, -0.2) is 33.4 Å². The average Bonchev–Trinajstić information content (AvgIpc) is 2.03. The van der Waals surface area contributed by atoms with Crippen molar-refractivity contribution in [2.45, 2.75) is 17.4 Å². The molecule has 0 aliphatic heterocycles. The Morgan fingerprint density at radius 3 is 1.86 bits per heavy atom. The summed E-state index contributed by atoms with van der Waals surface area (Å²) in [6, 6.07) is 0. The van der Waals surface area contributed by atoms with E-state index in [1.165, 1.54) is 0 Å². The third kappa shape index (κ3) is 1.91. The topological polar surface area (TPSA) is 74.3 Å². The zero-order chi connectivity index (χ0) is 11.8. The van der Waals surface area contributed by atoms with E-state index in [2.05, 4.69) is 0 Å². The Kier molecular flexibility index (Phi) is 3.68. The van der Waals surface area contributed by atoms with Crippen molar-refractivity contribution >= 4 is 20.9 Å². The molecule has 4 nitrogen and oxygen atoms in total. The van der Waals surface area contributed by atoms with Gasteiger partial charge in [-0.2, -0.15) is 17.6 Å². The summed E-state index contributed by atoms with van der Waals surface area (Å²) in [6.07, 6.45) is 0. The summed E-state index contributed by atoms with van der Waals surface area (Å²) >= 11 is -4.51. The van der Waals surface area contributed by atoms with E-state index < -0.39 is 37.2 Å². The van der Waals surface area contributed by atoms with Gasteiger partial charge in [0.05, 0.1) is 5.75 Å². The van der Waals surface area contributed by atoms with E-state index in [4.69, 9.17) is 0 Å². The van der Waals surface area contributed by atoms with Crippen LogP contribution in [-0.2, 0) is 20.9 Å². The number of sulfone groups is 1. The van der Waals surface area contributed by atoms with E-state index in [1.807, 2.05) is 0 Å². The first-order valence-electron chi connectivity index (χ1n) is 3.08. The number of rotatable bonds is 4. The number of hydrogen-bond acceptors (Lipinski definition) is 4. The maximum absolute atomic E-state index is 12.5. The number of halogens is 4. The van der Waals surface area contributed by atoms with Gasteiger partial charge in [0, 0.05) is 11.1 Å². The Morgan fingerprint density at radius 2 is 1.64 bits per heavy atom. The lowest BCUT2D eigenvalue weighted by molar-refractivity contribution is -0.0974. The number of alkyl halides is 4. The molecule has 0 bridgehead atoms. The van der Waals surface area contributed by atoms with Crippen LogP contribution in [0.25, 0.3) is 0 Å². The van der Waals surface area contributed by atoms with Crippen molar-refractivity contribution in [3.63, 3.8) is 0 Å². The first-order valence-corrected chi connectivity index (χ1v) is 5.80. The summed E-state index contributed by atoms with van der Waals surface area (Å²) < 4.78 is 89.9. The lowest BCUT2D eigenvalue weighted by Gasteiger charge is -2.26. The maximum Gasteiger partial charge on any atom is 0.418 e. The molecule has 14 heavy (non-hydrogen) atoms. The lowest BCUT2D eigenvalue weighted by Crippen LogP contribution is -2.50. The van der Waals surface area contributed by atoms with Gasteiger partial charge in [0.1, 0.15) is 0 Å². The second-order valence-electron chi connectivity index (χ2n) is 2.17. The minimum absolute atomic E-state index is 0.701. The highest BCUT2D eigenvalue weighted by Crippen LogP contribution is 2.40. The van der Waals surface area contributed by atoms with Gasteiger partial charge >= 0.3 is 10.5 Å². The largest absolute Gasteiger partial charge is 0.768 e. The van der Waals surface area contributed by atoms with Crippen molar-refractivity contribution in [1.29, 1.82) is 0 Å². The zero-order valence-corrected chi connectivity index (χ0v) is 8.30. The molecule has 0 rings (SSSR count). The van der Waals surface area contributed by atoms with E-state index in [-0.39, 0.29) is 0 Å². The summed E-state index contributed by atoms with van der Waals surface area (Å²) in [6.45, 7) is 0.701. The molecular formula is C4H5F4O4S2-. The van der Waals surface area contributed by atoms with Crippen LogP contribution in [0, 0.1) is 0 Å². The van der Waals surface area contributed by atoms with Crippen molar-refractivity contribution in [3.05, 3.63) is 0 Å². The summed E-state index contributed by atoms with van der Waals surface area (Å²) in [5, 5.41) is -11.2. The molecule has 0 aromatic rings. The average molecular weight is 257 g/mol. The molecule has 0 saturated heterocycles. The van der Waals surface area contributed by atoms with Crippen LogP contribution in [0.4, 0.5) is 17.6 Å². The summed E-state index contributed by atoms with van der Waals surface area (Å²) in [4.78, 5) is 0. The molecule has 0 aliphatic rings. The van der Waals surface area contributed by atoms with Gasteiger partial charge in [-0.25, -0.2) is 8.42 Å². The lowest BCUT2D eigenvalue weighted by atomic mass is 10.7. The van der Waals surface area contributed by atoms with Gasteiger partial charge in [0.25, 0.3) is 0 Å². The molecule has 0 radical (unpaired) electrons. The maximum atomic E-state index is 12.5. The Hall–Kier alpha value is -0.220. The molecule has 10 heteroatoms. The number of hydrogen-bond donors (Lipinski definition) is 0. The zero-order valence-electron chi connectivity index (χ0n) is 6.67. The van der Waals surface area contributed by atoms with Gasteiger partial charge in [0.15, 0.2) is 0 Å². The predicted octanol–water partition coefficient (Wildman–Crippen LogP) is 0.486. The van der Waals surface area contributed by atoms with Gasteiger partial charge in [-0.3, -0.25) is 4.21 Å². The van der Waals surface area contributed by atoms with Crippen molar-refractivity contribution in [2.75, 3.05) is 5.75 Å². The third-order valence-electron chi connectivity index (χ3n) is 1.32. The molecule has 1 unspecified atom stereocenters. The van der Waals surface area contributed by atoms with Gasteiger partial charge in [0.2, 0.25) is 9.84 Å².